The Bertz CT molecular complexity index is 680. The lowest BCUT2D eigenvalue weighted by molar-refractivity contribution is -0.116. The minimum absolute atomic E-state index is 0.0170. The van der Waals surface area contributed by atoms with Gasteiger partial charge in [0.15, 0.2) is 5.82 Å². The number of nitrogens with one attached hydrogen (secondary N) is 2. The van der Waals surface area contributed by atoms with Crippen LogP contribution in [0.1, 0.15) is 0 Å². The van der Waals surface area contributed by atoms with E-state index in [1.807, 2.05) is 0 Å². The van der Waals surface area contributed by atoms with Crippen LogP contribution in [0.15, 0.2) is 30.5 Å². The Kier molecular flexibility index (Phi) is 5.13. The zero-order chi connectivity index (χ0) is 16.8. The molecule has 9 heteroatoms. The molecule has 0 bridgehead atoms. The Labute approximate surface area is 133 Å². The summed E-state index contributed by atoms with van der Waals surface area (Å²) >= 11 is 0. The number of carbonyl (C=O) groups excluding carboxylic acids is 2. The highest BCUT2D eigenvalue weighted by Gasteiger charge is 2.09. The Hall–Kier alpha value is -3.10. The third-order valence-corrected chi connectivity index (χ3v) is 2.86. The first-order valence-corrected chi connectivity index (χ1v) is 6.80. The SMILES string of the molecule is COc1ccc(NC(=O)Cn2cc(NC(=O)N(C)C)nn2)cc1. The van der Waals surface area contributed by atoms with E-state index in [1.165, 1.54) is 15.8 Å². The lowest BCUT2D eigenvalue weighted by Crippen LogP contribution is -2.27. The van der Waals surface area contributed by atoms with Gasteiger partial charge in [-0.05, 0) is 24.3 Å². The summed E-state index contributed by atoms with van der Waals surface area (Å²) in [5, 5.41) is 12.8. The van der Waals surface area contributed by atoms with E-state index in [1.54, 1.807) is 45.5 Å². The average Bonchev–Trinajstić information content (AvgIpc) is 2.94. The predicted octanol–water partition coefficient (Wildman–Crippen LogP) is 1.02. The molecule has 2 rings (SSSR count). The maximum Gasteiger partial charge on any atom is 0.322 e. The second-order valence-corrected chi connectivity index (χ2v) is 4.90. The maximum absolute atomic E-state index is 11.9. The smallest absolute Gasteiger partial charge is 0.322 e. The molecular formula is C14H18N6O3. The summed E-state index contributed by atoms with van der Waals surface area (Å²) in [5.74, 6) is 0.729. The number of aromatic nitrogens is 3. The zero-order valence-corrected chi connectivity index (χ0v) is 13.1. The highest BCUT2D eigenvalue weighted by atomic mass is 16.5. The van der Waals surface area contributed by atoms with Gasteiger partial charge in [0.2, 0.25) is 5.91 Å². The number of amides is 3. The van der Waals surface area contributed by atoms with Gasteiger partial charge in [-0.15, -0.1) is 5.10 Å². The lowest BCUT2D eigenvalue weighted by atomic mass is 10.3. The van der Waals surface area contributed by atoms with E-state index in [-0.39, 0.29) is 24.3 Å². The summed E-state index contributed by atoms with van der Waals surface area (Å²) in [5.41, 5.74) is 0.650. The summed E-state index contributed by atoms with van der Waals surface area (Å²) < 4.78 is 6.39. The summed E-state index contributed by atoms with van der Waals surface area (Å²) in [7, 11) is 4.80. The first-order chi connectivity index (χ1) is 11.0. The van der Waals surface area contributed by atoms with E-state index >= 15 is 0 Å². The van der Waals surface area contributed by atoms with Gasteiger partial charge in [0.1, 0.15) is 12.3 Å². The molecule has 0 aliphatic heterocycles. The van der Waals surface area contributed by atoms with Crippen molar-refractivity contribution in [3.63, 3.8) is 0 Å². The van der Waals surface area contributed by atoms with E-state index in [4.69, 9.17) is 4.74 Å². The Balaban J connectivity index is 1.90. The largest absolute Gasteiger partial charge is 0.497 e. The predicted molar refractivity (Wildman–Crippen MR) is 84.4 cm³/mol. The van der Waals surface area contributed by atoms with Gasteiger partial charge in [0, 0.05) is 19.8 Å². The number of hydrogen-bond donors (Lipinski definition) is 2. The Morgan fingerprint density at radius 1 is 1.22 bits per heavy atom. The highest BCUT2D eigenvalue weighted by molar-refractivity contribution is 5.90. The third-order valence-electron chi connectivity index (χ3n) is 2.86. The normalized spacial score (nSPS) is 10.0. The topological polar surface area (TPSA) is 101 Å². The van der Waals surface area contributed by atoms with Crippen molar-refractivity contribution in [3.8, 4) is 5.75 Å². The van der Waals surface area contributed by atoms with Crippen molar-refractivity contribution in [1.29, 1.82) is 0 Å². The van der Waals surface area contributed by atoms with Crippen molar-refractivity contribution < 1.29 is 14.3 Å². The first-order valence-electron chi connectivity index (χ1n) is 6.80. The molecular weight excluding hydrogens is 300 g/mol. The summed E-state index contributed by atoms with van der Waals surface area (Å²) in [6.45, 7) is -0.0170. The number of methoxy groups -OCH3 is 1. The van der Waals surface area contributed by atoms with Gasteiger partial charge in [-0.2, -0.15) is 0 Å². The van der Waals surface area contributed by atoms with Crippen LogP contribution in [-0.4, -0.2) is 53.0 Å². The van der Waals surface area contributed by atoms with Crippen molar-refractivity contribution >= 4 is 23.4 Å². The fourth-order valence-corrected chi connectivity index (χ4v) is 1.68. The van der Waals surface area contributed by atoms with Crippen molar-refractivity contribution in [3.05, 3.63) is 30.5 Å². The van der Waals surface area contributed by atoms with Crippen molar-refractivity contribution in [1.82, 2.24) is 19.9 Å². The number of benzene rings is 1. The number of rotatable bonds is 5. The molecule has 0 unspecified atom stereocenters. The minimum atomic E-state index is -0.320. The van der Waals surface area contributed by atoms with E-state index in [2.05, 4.69) is 20.9 Å². The first kappa shape index (κ1) is 16.3. The summed E-state index contributed by atoms with van der Waals surface area (Å²) in [6, 6.07) is 6.65. The van der Waals surface area contributed by atoms with Crippen LogP contribution in [0.2, 0.25) is 0 Å². The molecule has 0 radical (unpaired) electrons. The van der Waals surface area contributed by atoms with Crippen LogP contribution in [0.3, 0.4) is 0 Å². The number of hydrogen-bond acceptors (Lipinski definition) is 5. The molecule has 23 heavy (non-hydrogen) atoms. The van der Waals surface area contributed by atoms with Crippen LogP contribution in [0.4, 0.5) is 16.3 Å². The average molecular weight is 318 g/mol. The van der Waals surface area contributed by atoms with Gasteiger partial charge in [0.05, 0.1) is 13.3 Å². The van der Waals surface area contributed by atoms with Gasteiger partial charge < -0.3 is 15.0 Å². The molecule has 1 heterocycles. The second-order valence-electron chi connectivity index (χ2n) is 4.90. The highest BCUT2D eigenvalue weighted by Crippen LogP contribution is 2.14. The fraction of sp³-hybridized carbons (Fsp3) is 0.286. The monoisotopic (exact) mass is 318 g/mol. The Morgan fingerprint density at radius 3 is 2.52 bits per heavy atom. The van der Waals surface area contributed by atoms with Gasteiger partial charge in [-0.25, -0.2) is 9.48 Å². The molecule has 1 aromatic carbocycles. The van der Waals surface area contributed by atoms with Crippen LogP contribution < -0.4 is 15.4 Å². The number of nitrogens with zero attached hydrogens (tertiary/aromatic N) is 4. The van der Waals surface area contributed by atoms with Crippen LogP contribution >= 0.6 is 0 Å². The van der Waals surface area contributed by atoms with Gasteiger partial charge in [0.25, 0.3) is 0 Å². The van der Waals surface area contributed by atoms with Crippen molar-refractivity contribution in [2.45, 2.75) is 6.54 Å². The maximum atomic E-state index is 11.9. The number of urea groups is 1. The minimum Gasteiger partial charge on any atom is -0.497 e. The molecule has 0 atom stereocenters. The molecule has 122 valence electrons. The lowest BCUT2D eigenvalue weighted by Gasteiger charge is -2.09. The molecule has 2 N–H and O–H groups in total. The molecule has 0 aliphatic carbocycles. The standard InChI is InChI=1S/C14H18N6O3/c1-19(2)14(22)16-12-8-20(18-17-12)9-13(21)15-10-4-6-11(23-3)7-5-10/h4-8H,9H2,1-3H3,(H,15,21)(H,16,22). The van der Waals surface area contributed by atoms with Gasteiger partial charge in [-0.3, -0.25) is 10.1 Å². The molecule has 9 nitrogen and oxygen atoms in total. The molecule has 1 aromatic heterocycles. The van der Waals surface area contributed by atoms with E-state index in [0.717, 1.165) is 0 Å². The zero-order valence-electron chi connectivity index (χ0n) is 13.1. The molecule has 0 saturated heterocycles. The fourth-order valence-electron chi connectivity index (χ4n) is 1.68. The van der Waals surface area contributed by atoms with Gasteiger partial charge in [-0.1, -0.05) is 5.21 Å². The van der Waals surface area contributed by atoms with Gasteiger partial charge >= 0.3 is 6.03 Å². The second kappa shape index (κ2) is 7.25. The molecule has 0 spiro atoms. The molecule has 0 fully saturated rings. The van der Waals surface area contributed by atoms with Crippen molar-refractivity contribution in [2.24, 2.45) is 0 Å². The molecule has 0 aliphatic rings. The van der Waals surface area contributed by atoms with E-state index < -0.39 is 0 Å². The summed E-state index contributed by atoms with van der Waals surface area (Å²) in [4.78, 5) is 24.8. The third kappa shape index (κ3) is 4.70. The van der Waals surface area contributed by atoms with E-state index in [9.17, 15) is 9.59 Å². The number of anilines is 2. The van der Waals surface area contributed by atoms with Crippen LogP contribution in [0.5, 0.6) is 5.75 Å². The molecule has 2 aromatic rings. The Morgan fingerprint density at radius 2 is 1.91 bits per heavy atom. The summed E-state index contributed by atoms with van der Waals surface area (Å²) in [6.07, 6.45) is 1.48. The number of ether oxygens (including phenoxy) is 1. The van der Waals surface area contributed by atoms with Crippen LogP contribution in [0, 0.1) is 0 Å². The van der Waals surface area contributed by atoms with E-state index in [0.29, 0.717) is 11.4 Å². The molecule has 3 amide bonds. The number of carbonyl (C=O) groups is 2. The van der Waals surface area contributed by atoms with Crippen LogP contribution in [-0.2, 0) is 11.3 Å². The van der Waals surface area contributed by atoms with Crippen molar-refractivity contribution in [2.75, 3.05) is 31.8 Å². The quantitative estimate of drug-likeness (QED) is 0.857. The van der Waals surface area contributed by atoms with Crippen LogP contribution in [0.25, 0.3) is 0 Å². The molecule has 0 saturated carbocycles.